The number of nitrogens with zero attached hydrogens (tertiary/aromatic N) is 1. The minimum Gasteiger partial charge on any atom is -0.409 e. The molecule has 1 aromatic heterocycles. The van der Waals surface area contributed by atoms with Crippen molar-refractivity contribution in [3.05, 3.63) is 22.4 Å². The monoisotopic (exact) mass is 227 g/mol. The first-order valence-electron chi connectivity index (χ1n) is 4.93. The number of thiophene rings is 1. The zero-order chi connectivity index (χ0) is 11.1. The normalized spacial score (nSPS) is 14.1. The molecule has 0 radical (unpaired) electrons. The lowest BCUT2D eigenvalue weighted by molar-refractivity contribution is 0.316. The molecule has 0 saturated carbocycles. The van der Waals surface area contributed by atoms with E-state index < -0.39 is 0 Å². The summed E-state index contributed by atoms with van der Waals surface area (Å²) in [4.78, 5) is 0. The van der Waals surface area contributed by atoms with Crippen molar-refractivity contribution in [3.63, 3.8) is 0 Å². The molecule has 0 bridgehead atoms. The van der Waals surface area contributed by atoms with E-state index in [-0.39, 0.29) is 11.9 Å². The Hall–Kier alpha value is -1.07. The molecule has 0 aliphatic heterocycles. The number of nitrogens with two attached hydrogens (primary N) is 1. The molecule has 0 aliphatic rings. The van der Waals surface area contributed by atoms with E-state index in [1.165, 1.54) is 5.56 Å². The predicted molar refractivity (Wildman–Crippen MR) is 63.5 cm³/mol. The third-order valence-corrected chi connectivity index (χ3v) is 2.86. The van der Waals surface area contributed by atoms with Gasteiger partial charge in [0.1, 0.15) is 5.84 Å². The maximum absolute atomic E-state index is 8.40. The first-order valence-corrected chi connectivity index (χ1v) is 5.87. The smallest absolute Gasteiger partial charge is 0.140 e. The van der Waals surface area contributed by atoms with Gasteiger partial charge in [-0.15, -0.1) is 0 Å². The molecule has 0 aliphatic carbocycles. The Balaban J connectivity index is 2.14. The van der Waals surface area contributed by atoms with Crippen LogP contribution >= 0.6 is 11.3 Å². The van der Waals surface area contributed by atoms with Gasteiger partial charge in [-0.3, -0.25) is 0 Å². The fraction of sp³-hybridized carbons (Fsp3) is 0.500. The summed E-state index contributed by atoms with van der Waals surface area (Å²) >= 11 is 1.71. The van der Waals surface area contributed by atoms with Gasteiger partial charge in [0, 0.05) is 12.5 Å². The number of nitrogens with one attached hydrogen (secondary N) is 1. The summed E-state index contributed by atoms with van der Waals surface area (Å²) in [5.41, 5.74) is 6.75. The van der Waals surface area contributed by atoms with Gasteiger partial charge in [0.2, 0.25) is 0 Å². The second-order valence-electron chi connectivity index (χ2n) is 3.53. The minimum absolute atomic E-state index is 0.236. The van der Waals surface area contributed by atoms with E-state index in [2.05, 4.69) is 27.3 Å². The van der Waals surface area contributed by atoms with Crippen molar-refractivity contribution < 1.29 is 5.21 Å². The van der Waals surface area contributed by atoms with Gasteiger partial charge in [0.25, 0.3) is 0 Å². The summed E-state index contributed by atoms with van der Waals surface area (Å²) in [6.45, 7) is 2.93. The lowest BCUT2D eigenvalue weighted by atomic mass is 10.2. The second kappa shape index (κ2) is 6.42. The maximum Gasteiger partial charge on any atom is 0.140 e. The molecule has 1 aromatic rings. The Kier molecular flexibility index (Phi) is 5.14. The van der Waals surface area contributed by atoms with Crippen LogP contribution in [0.2, 0.25) is 0 Å². The predicted octanol–water partition coefficient (Wildman–Crippen LogP) is 1.41. The average molecular weight is 227 g/mol. The van der Waals surface area contributed by atoms with E-state index in [1.54, 1.807) is 11.3 Å². The van der Waals surface area contributed by atoms with E-state index in [1.807, 2.05) is 6.92 Å². The van der Waals surface area contributed by atoms with Crippen molar-refractivity contribution in [2.45, 2.75) is 25.8 Å². The number of hydrogen-bond acceptors (Lipinski definition) is 4. The Bertz CT molecular complexity index is 298. The molecule has 0 spiro atoms. The maximum atomic E-state index is 8.40. The van der Waals surface area contributed by atoms with Crippen LogP contribution in [-0.4, -0.2) is 23.6 Å². The largest absolute Gasteiger partial charge is 0.409 e. The van der Waals surface area contributed by atoms with Crippen molar-refractivity contribution in [1.82, 2.24) is 5.32 Å². The van der Waals surface area contributed by atoms with E-state index in [0.717, 1.165) is 13.0 Å². The summed E-state index contributed by atoms with van der Waals surface area (Å²) in [5.74, 6) is 0.269. The lowest BCUT2D eigenvalue weighted by Gasteiger charge is -2.12. The number of rotatable bonds is 6. The van der Waals surface area contributed by atoms with Crippen LogP contribution < -0.4 is 11.1 Å². The van der Waals surface area contributed by atoms with Crippen LogP contribution in [0.3, 0.4) is 0 Å². The van der Waals surface area contributed by atoms with Gasteiger partial charge < -0.3 is 16.3 Å². The molecule has 5 heteroatoms. The molecule has 0 fully saturated rings. The number of hydrogen-bond donors (Lipinski definition) is 3. The van der Waals surface area contributed by atoms with Crippen LogP contribution in [0, 0.1) is 0 Å². The molecule has 4 N–H and O–H groups in total. The quantitative estimate of drug-likeness (QED) is 0.298. The summed E-state index contributed by atoms with van der Waals surface area (Å²) in [6.07, 6.45) is 1.59. The average Bonchev–Trinajstić information content (AvgIpc) is 2.70. The first kappa shape index (κ1) is 12.0. The molecule has 1 heterocycles. The standard InChI is InChI=1S/C10H17N3OS/c1-8(6-10(11)13-14)12-4-2-9-3-5-15-7-9/h3,5,7-8,12,14H,2,4,6H2,1H3,(H2,11,13). The highest BCUT2D eigenvalue weighted by Gasteiger charge is 2.03. The van der Waals surface area contributed by atoms with Gasteiger partial charge in [-0.25, -0.2) is 0 Å². The molecule has 15 heavy (non-hydrogen) atoms. The molecule has 1 rings (SSSR count). The van der Waals surface area contributed by atoms with Crippen LogP contribution in [0.5, 0.6) is 0 Å². The number of amidine groups is 1. The number of oxime groups is 1. The highest BCUT2D eigenvalue weighted by molar-refractivity contribution is 7.07. The van der Waals surface area contributed by atoms with Gasteiger partial charge >= 0.3 is 0 Å². The fourth-order valence-electron chi connectivity index (χ4n) is 1.32. The van der Waals surface area contributed by atoms with Crippen molar-refractivity contribution in [2.75, 3.05) is 6.54 Å². The van der Waals surface area contributed by atoms with E-state index in [0.29, 0.717) is 6.42 Å². The zero-order valence-electron chi connectivity index (χ0n) is 8.81. The van der Waals surface area contributed by atoms with Crippen molar-refractivity contribution >= 4 is 17.2 Å². The molecule has 84 valence electrons. The molecule has 0 aromatic carbocycles. The van der Waals surface area contributed by atoms with Gasteiger partial charge in [-0.05, 0) is 42.3 Å². The summed E-state index contributed by atoms with van der Waals surface area (Å²) in [7, 11) is 0. The highest BCUT2D eigenvalue weighted by Crippen LogP contribution is 2.05. The van der Waals surface area contributed by atoms with Gasteiger partial charge in [0.05, 0.1) is 0 Å². The van der Waals surface area contributed by atoms with Crippen LogP contribution in [0.4, 0.5) is 0 Å². The van der Waals surface area contributed by atoms with Crippen LogP contribution in [0.1, 0.15) is 18.9 Å². The third kappa shape index (κ3) is 4.80. The summed E-state index contributed by atoms with van der Waals surface area (Å²) < 4.78 is 0. The Morgan fingerprint density at radius 2 is 2.53 bits per heavy atom. The molecule has 0 amide bonds. The van der Waals surface area contributed by atoms with E-state index in [4.69, 9.17) is 10.9 Å². The molecule has 4 nitrogen and oxygen atoms in total. The van der Waals surface area contributed by atoms with Gasteiger partial charge in [-0.1, -0.05) is 5.16 Å². The van der Waals surface area contributed by atoms with Crippen molar-refractivity contribution in [3.8, 4) is 0 Å². The molecular formula is C10H17N3OS. The first-order chi connectivity index (χ1) is 7.22. The third-order valence-electron chi connectivity index (χ3n) is 2.13. The van der Waals surface area contributed by atoms with E-state index in [9.17, 15) is 0 Å². The van der Waals surface area contributed by atoms with Crippen LogP contribution in [0.15, 0.2) is 22.0 Å². The Morgan fingerprint density at radius 3 is 3.13 bits per heavy atom. The van der Waals surface area contributed by atoms with Gasteiger partial charge in [-0.2, -0.15) is 11.3 Å². The lowest BCUT2D eigenvalue weighted by Crippen LogP contribution is -2.32. The molecule has 0 saturated heterocycles. The molecule has 1 atom stereocenters. The summed E-state index contributed by atoms with van der Waals surface area (Å²) in [5, 5.41) is 18.9. The van der Waals surface area contributed by atoms with Crippen LogP contribution in [-0.2, 0) is 6.42 Å². The van der Waals surface area contributed by atoms with Crippen molar-refractivity contribution in [1.29, 1.82) is 0 Å². The Morgan fingerprint density at radius 1 is 1.73 bits per heavy atom. The van der Waals surface area contributed by atoms with Crippen molar-refractivity contribution in [2.24, 2.45) is 10.9 Å². The second-order valence-corrected chi connectivity index (χ2v) is 4.31. The summed E-state index contributed by atoms with van der Waals surface area (Å²) in [6, 6.07) is 2.36. The topological polar surface area (TPSA) is 70.6 Å². The van der Waals surface area contributed by atoms with Crippen LogP contribution in [0.25, 0.3) is 0 Å². The zero-order valence-corrected chi connectivity index (χ0v) is 9.63. The minimum atomic E-state index is 0.236. The Labute approximate surface area is 93.8 Å². The van der Waals surface area contributed by atoms with Gasteiger partial charge in [0.15, 0.2) is 0 Å². The molecule has 1 unspecified atom stereocenters. The SMILES string of the molecule is CC(CC(N)=NO)NCCc1ccsc1. The highest BCUT2D eigenvalue weighted by atomic mass is 32.1. The van der Waals surface area contributed by atoms with E-state index >= 15 is 0 Å². The fourth-order valence-corrected chi connectivity index (χ4v) is 2.03. The molecular weight excluding hydrogens is 210 g/mol.